The monoisotopic (exact) mass is 794 g/mol. The van der Waals surface area contributed by atoms with Gasteiger partial charge in [0.2, 0.25) is 17.7 Å². The van der Waals surface area contributed by atoms with E-state index >= 15 is 0 Å². The summed E-state index contributed by atoms with van der Waals surface area (Å²) in [6.07, 6.45) is 5.99. The Balaban J connectivity index is 1.27. The van der Waals surface area contributed by atoms with Crippen LogP contribution in [0.15, 0.2) is 42.5 Å². The molecule has 15 nitrogen and oxygen atoms in total. The number of ether oxygens (including phenoxy) is 2. The number of fused-ring (bicyclic) bond motifs is 1. The van der Waals surface area contributed by atoms with Crippen LogP contribution in [0.4, 0.5) is 4.79 Å². The molecule has 314 valence electrons. The van der Waals surface area contributed by atoms with Gasteiger partial charge in [0.25, 0.3) is 5.91 Å². The fraction of sp³-hybridized carbons (Fsp3) is 0.619. The number of Topliss-reactive ketones (excluding diaryl/α,β-unsaturated/α-hetero) is 1. The second kappa shape index (κ2) is 22.8. The first kappa shape index (κ1) is 44.9. The fourth-order valence-corrected chi connectivity index (χ4v) is 7.46. The summed E-state index contributed by atoms with van der Waals surface area (Å²) in [5.74, 6) is -3.16. The van der Waals surface area contributed by atoms with Crippen molar-refractivity contribution in [3.05, 3.63) is 42.5 Å². The number of rotatable bonds is 21. The van der Waals surface area contributed by atoms with E-state index in [1.165, 1.54) is 11.8 Å². The van der Waals surface area contributed by atoms with E-state index in [1.807, 2.05) is 36.4 Å². The first-order chi connectivity index (χ1) is 27.4. The second-order valence-corrected chi connectivity index (χ2v) is 15.6. The van der Waals surface area contributed by atoms with E-state index in [2.05, 4.69) is 21.3 Å². The number of benzene rings is 2. The predicted octanol–water partition coefficient (Wildman–Crippen LogP) is 3.10. The van der Waals surface area contributed by atoms with Crippen LogP contribution < -0.4 is 31.7 Å². The highest BCUT2D eigenvalue weighted by molar-refractivity contribution is 5.94. The average Bonchev–Trinajstić information content (AvgIpc) is 3.67. The highest BCUT2D eigenvalue weighted by Gasteiger charge is 2.37. The minimum absolute atomic E-state index is 0.00715. The highest BCUT2D eigenvalue weighted by Crippen LogP contribution is 2.23. The zero-order valence-electron chi connectivity index (χ0n) is 33.6. The van der Waals surface area contributed by atoms with E-state index in [-0.39, 0.29) is 37.4 Å². The van der Waals surface area contributed by atoms with Gasteiger partial charge in [0.05, 0.1) is 24.7 Å². The number of likely N-dealkylation sites (tertiary alicyclic amines) is 1. The highest BCUT2D eigenvalue weighted by atomic mass is 16.5. The first-order valence-corrected chi connectivity index (χ1v) is 20.5. The van der Waals surface area contributed by atoms with Crippen molar-refractivity contribution in [2.24, 2.45) is 17.6 Å². The number of nitrogens with one attached hydrogen (secondary N) is 4. The molecule has 15 heteroatoms. The maximum Gasteiger partial charge on any atom is 0.407 e. The Labute approximate surface area is 335 Å². The SMILES string of the molecule is CC(O)[C@H](NC(=O)CNC(=O)[C@H](CC(=O)[C@H](CCCCN)NC(=O)COc1ccc2ccccc2c1)C(C)C)C(=O)N1CCC[C@H]1COC(=O)NC1CCCCC1. The van der Waals surface area contributed by atoms with E-state index in [0.29, 0.717) is 50.9 Å². The normalized spacial score (nSPS) is 17.9. The van der Waals surface area contributed by atoms with Gasteiger partial charge < -0.3 is 46.5 Å². The first-order valence-electron chi connectivity index (χ1n) is 20.5. The number of alkyl carbamates (subject to hydrolysis) is 1. The third-order valence-corrected chi connectivity index (χ3v) is 10.8. The zero-order valence-corrected chi connectivity index (χ0v) is 33.6. The Morgan fingerprint density at radius 1 is 0.895 bits per heavy atom. The van der Waals surface area contributed by atoms with Crippen LogP contribution in [0.2, 0.25) is 0 Å². The van der Waals surface area contributed by atoms with Crippen LogP contribution in [0.25, 0.3) is 10.8 Å². The quantitative estimate of drug-likeness (QED) is 0.102. The van der Waals surface area contributed by atoms with Gasteiger partial charge in [-0.15, -0.1) is 0 Å². The largest absolute Gasteiger partial charge is 0.484 e. The van der Waals surface area contributed by atoms with Crippen molar-refractivity contribution in [3.63, 3.8) is 0 Å². The maximum absolute atomic E-state index is 13.6. The summed E-state index contributed by atoms with van der Waals surface area (Å²) >= 11 is 0. The summed E-state index contributed by atoms with van der Waals surface area (Å²) < 4.78 is 11.2. The molecule has 1 unspecified atom stereocenters. The molecule has 0 radical (unpaired) electrons. The van der Waals surface area contributed by atoms with E-state index in [1.54, 1.807) is 19.9 Å². The third-order valence-electron chi connectivity index (χ3n) is 10.8. The third kappa shape index (κ3) is 14.3. The van der Waals surface area contributed by atoms with E-state index in [4.69, 9.17) is 15.2 Å². The summed E-state index contributed by atoms with van der Waals surface area (Å²) in [6, 6.07) is 10.8. The van der Waals surface area contributed by atoms with Gasteiger partial charge in [-0.1, -0.05) is 63.4 Å². The second-order valence-electron chi connectivity index (χ2n) is 15.6. The number of nitrogens with two attached hydrogens (primary N) is 1. The molecule has 0 aromatic heterocycles. The molecular weight excluding hydrogens is 732 g/mol. The van der Waals surface area contributed by atoms with E-state index < -0.39 is 66.4 Å². The molecule has 4 rings (SSSR count). The Bertz CT molecular complexity index is 1660. The molecule has 7 N–H and O–H groups in total. The molecule has 1 heterocycles. The summed E-state index contributed by atoms with van der Waals surface area (Å²) in [5.41, 5.74) is 5.68. The molecule has 2 aliphatic rings. The maximum atomic E-state index is 13.6. The van der Waals surface area contributed by atoms with Gasteiger partial charge in [-0.3, -0.25) is 24.0 Å². The molecule has 1 aliphatic heterocycles. The predicted molar refractivity (Wildman–Crippen MR) is 215 cm³/mol. The van der Waals surface area contributed by atoms with Crippen LogP contribution >= 0.6 is 0 Å². The molecule has 2 aromatic rings. The van der Waals surface area contributed by atoms with Gasteiger partial charge in [-0.25, -0.2) is 4.79 Å². The Morgan fingerprint density at radius 3 is 2.33 bits per heavy atom. The Morgan fingerprint density at radius 2 is 1.63 bits per heavy atom. The number of carbonyl (C=O) groups is 6. The lowest BCUT2D eigenvalue weighted by atomic mass is 9.87. The van der Waals surface area contributed by atoms with Crippen molar-refractivity contribution in [3.8, 4) is 5.75 Å². The number of unbranched alkanes of at least 4 members (excludes halogenated alkanes) is 1. The topological polar surface area (TPSA) is 218 Å². The number of amides is 5. The summed E-state index contributed by atoms with van der Waals surface area (Å²) in [6.45, 7) is 4.95. The Hall–Kier alpha value is -4.76. The van der Waals surface area contributed by atoms with Crippen molar-refractivity contribution in [2.75, 3.05) is 32.8 Å². The molecule has 5 atom stereocenters. The van der Waals surface area contributed by atoms with Crippen LogP contribution in [-0.4, -0.2) is 109 Å². The molecule has 2 fully saturated rings. The number of ketones is 1. The van der Waals surface area contributed by atoms with Crippen LogP contribution in [0.1, 0.15) is 91.4 Å². The van der Waals surface area contributed by atoms with Crippen molar-refractivity contribution in [1.82, 2.24) is 26.2 Å². The Kier molecular flexibility index (Phi) is 18.0. The molecular formula is C42H62N6O9. The number of hydrogen-bond acceptors (Lipinski definition) is 10. The molecule has 1 saturated heterocycles. The molecule has 5 amide bonds. The smallest absolute Gasteiger partial charge is 0.407 e. The van der Waals surface area contributed by atoms with Crippen molar-refractivity contribution >= 4 is 46.3 Å². The van der Waals surface area contributed by atoms with Gasteiger partial charge in [0.15, 0.2) is 12.4 Å². The average molecular weight is 795 g/mol. The summed E-state index contributed by atoms with van der Waals surface area (Å²) in [5, 5.41) is 23.3. The van der Waals surface area contributed by atoms with Gasteiger partial charge in [-0.05, 0) is 87.2 Å². The molecule has 2 aromatic carbocycles. The molecule has 1 saturated carbocycles. The minimum Gasteiger partial charge on any atom is -0.484 e. The number of aliphatic hydroxyl groups is 1. The molecule has 0 spiro atoms. The van der Waals surface area contributed by atoms with Gasteiger partial charge in [0, 0.05) is 24.9 Å². The molecule has 57 heavy (non-hydrogen) atoms. The lowest BCUT2D eigenvalue weighted by Gasteiger charge is -2.30. The van der Waals surface area contributed by atoms with E-state index in [0.717, 1.165) is 42.9 Å². The lowest BCUT2D eigenvalue weighted by Crippen LogP contribution is -2.57. The van der Waals surface area contributed by atoms with Crippen LogP contribution in [-0.2, 0) is 28.7 Å². The summed E-state index contributed by atoms with van der Waals surface area (Å²) in [4.78, 5) is 80.6. The minimum atomic E-state index is -1.29. The van der Waals surface area contributed by atoms with Crippen molar-refractivity contribution in [2.45, 2.75) is 122 Å². The van der Waals surface area contributed by atoms with Gasteiger partial charge >= 0.3 is 6.09 Å². The van der Waals surface area contributed by atoms with E-state index in [9.17, 15) is 33.9 Å². The van der Waals surface area contributed by atoms with Crippen LogP contribution in [0.5, 0.6) is 5.75 Å². The number of nitrogens with zero attached hydrogens (tertiary/aromatic N) is 1. The summed E-state index contributed by atoms with van der Waals surface area (Å²) in [7, 11) is 0. The molecule has 1 aliphatic carbocycles. The fourth-order valence-electron chi connectivity index (χ4n) is 7.46. The van der Waals surface area contributed by atoms with Crippen molar-refractivity contribution in [1.29, 1.82) is 0 Å². The number of carbonyl (C=O) groups excluding carboxylic acids is 6. The van der Waals surface area contributed by atoms with Crippen molar-refractivity contribution < 1.29 is 43.3 Å². The lowest BCUT2D eigenvalue weighted by molar-refractivity contribution is -0.140. The number of hydrogen-bond donors (Lipinski definition) is 6. The standard InChI is InChI=1S/C42H62N6O9/c1-27(2)34(23-36(50)35(17-9-10-20-43)46-38(52)26-56-33-19-18-29-12-7-8-13-30(29)22-33)40(53)44-24-37(51)47-39(28(3)49)41(54)48-21-11-16-32(48)25-57-42(55)45-31-14-5-4-6-15-31/h7-8,12-13,18-19,22,27-28,31-32,34-35,39,49H,4-6,9-11,14-17,20-21,23-26,43H2,1-3H3,(H,44,53)(H,45,55)(H,46,52)(H,47,51)/t28?,32-,34+,35-,39-/m0/s1. The van der Waals surface area contributed by atoms with Crippen LogP contribution in [0, 0.1) is 11.8 Å². The zero-order chi connectivity index (χ0) is 41.3. The van der Waals surface area contributed by atoms with Gasteiger partial charge in [-0.2, -0.15) is 0 Å². The molecule has 0 bridgehead atoms. The van der Waals surface area contributed by atoms with Crippen LogP contribution in [0.3, 0.4) is 0 Å². The van der Waals surface area contributed by atoms with Gasteiger partial charge in [0.1, 0.15) is 18.4 Å². The number of aliphatic hydroxyl groups excluding tert-OH is 1.